The zero-order valence-electron chi connectivity index (χ0n) is 16.4. The summed E-state index contributed by atoms with van der Waals surface area (Å²) in [6, 6.07) is 21.3. The fourth-order valence-corrected chi connectivity index (χ4v) is 5.99. The number of amides is 2. The van der Waals surface area contributed by atoms with Gasteiger partial charge in [-0.25, -0.2) is 0 Å². The number of fused-ring (bicyclic) bond motifs is 1. The van der Waals surface area contributed by atoms with Crippen LogP contribution in [0, 0.1) is 0 Å². The van der Waals surface area contributed by atoms with Gasteiger partial charge in [-0.2, -0.15) is 0 Å². The van der Waals surface area contributed by atoms with Crippen molar-refractivity contribution in [3.63, 3.8) is 0 Å². The summed E-state index contributed by atoms with van der Waals surface area (Å²) >= 11 is 7.73. The number of likely N-dealkylation sites (tertiary alicyclic amines) is 1. The van der Waals surface area contributed by atoms with Crippen molar-refractivity contribution in [2.75, 3.05) is 23.7 Å². The molecule has 2 fully saturated rings. The van der Waals surface area contributed by atoms with E-state index in [-0.39, 0.29) is 16.7 Å². The van der Waals surface area contributed by atoms with E-state index in [1.165, 1.54) is 0 Å². The van der Waals surface area contributed by atoms with E-state index < -0.39 is 0 Å². The normalized spacial score (nSPS) is 18.4. The van der Waals surface area contributed by atoms with Crippen molar-refractivity contribution in [2.45, 2.75) is 17.7 Å². The van der Waals surface area contributed by atoms with Crippen molar-refractivity contribution in [3.05, 3.63) is 77.3 Å². The average molecular weight is 437 g/mol. The number of hydrogen-bond donors (Lipinski definition) is 0. The summed E-state index contributed by atoms with van der Waals surface area (Å²) in [6.07, 6.45) is 1.51. The highest BCUT2D eigenvalue weighted by molar-refractivity contribution is 8.02. The summed E-state index contributed by atoms with van der Waals surface area (Å²) in [4.78, 5) is 29.6. The van der Waals surface area contributed by atoms with Crippen LogP contribution in [0.2, 0.25) is 5.02 Å². The maximum atomic E-state index is 13.3. The summed E-state index contributed by atoms with van der Waals surface area (Å²) in [5.74, 6) is 0.657. The maximum absolute atomic E-state index is 13.3. The first-order valence-corrected chi connectivity index (χ1v) is 11.4. The van der Waals surface area contributed by atoms with E-state index in [0.717, 1.165) is 34.9 Å². The zero-order chi connectivity index (χ0) is 20.7. The molecule has 2 amide bonds. The molecule has 0 aromatic heterocycles. The van der Waals surface area contributed by atoms with Gasteiger partial charge < -0.3 is 4.90 Å². The molecule has 152 valence electrons. The summed E-state index contributed by atoms with van der Waals surface area (Å²) in [7, 11) is 0. The minimum absolute atomic E-state index is 0.0639. The van der Waals surface area contributed by atoms with Gasteiger partial charge in [0.15, 0.2) is 0 Å². The molecule has 0 bridgehead atoms. The van der Waals surface area contributed by atoms with Crippen molar-refractivity contribution in [1.29, 1.82) is 0 Å². The van der Waals surface area contributed by atoms with Gasteiger partial charge in [0.05, 0.1) is 10.6 Å². The molecule has 2 heterocycles. The number of halogens is 1. The van der Waals surface area contributed by atoms with Crippen LogP contribution in [0.15, 0.2) is 66.7 Å². The largest absolute Gasteiger partial charge is 0.338 e. The molecule has 2 aliphatic heterocycles. The second kappa shape index (κ2) is 7.64. The zero-order valence-corrected chi connectivity index (χ0v) is 18.0. The van der Waals surface area contributed by atoms with Crippen LogP contribution in [0.25, 0.3) is 10.8 Å². The third-order valence-electron chi connectivity index (χ3n) is 6.06. The predicted molar refractivity (Wildman–Crippen MR) is 123 cm³/mol. The number of rotatable bonds is 2. The minimum atomic E-state index is -0.291. The molecule has 5 rings (SSSR count). The highest BCUT2D eigenvalue weighted by Crippen LogP contribution is 2.47. The fraction of sp³-hybridized carbons (Fsp3) is 0.250. The van der Waals surface area contributed by atoms with Crippen LogP contribution in [-0.2, 0) is 4.79 Å². The lowest BCUT2D eigenvalue weighted by molar-refractivity contribution is -0.116. The summed E-state index contributed by atoms with van der Waals surface area (Å²) in [5.41, 5.74) is 1.62. The molecular formula is C24H21ClN2O2S. The molecule has 0 unspecified atom stereocenters. The Hall–Kier alpha value is -2.50. The van der Waals surface area contributed by atoms with Crippen LogP contribution in [0.4, 0.5) is 5.69 Å². The lowest BCUT2D eigenvalue weighted by Crippen LogP contribution is -2.53. The number of hydrogen-bond acceptors (Lipinski definition) is 3. The molecule has 0 radical (unpaired) electrons. The smallest absolute Gasteiger partial charge is 0.254 e. The first kappa shape index (κ1) is 19.5. The van der Waals surface area contributed by atoms with E-state index in [9.17, 15) is 9.59 Å². The SMILES string of the molecule is O=C(c1cccc2ccccc12)N1CCC2(CC1)SCC(=O)N2c1ccc(Cl)cc1. The van der Waals surface area contributed by atoms with Gasteiger partial charge >= 0.3 is 0 Å². The van der Waals surface area contributed by atoms with Crippen molar-refractivity contribution in [2.24, 2.45) is 0 Å². The van der Waals surface area contributed by atoms with Crippen molar-refractivity contribution in [3.8, 4) is 0 Å². The van der Waals surface area contributed by atoms with Crippen molar-refractivity contribution >= 4 is 51.6 Å². The molecule has 2 aliphatic rings. The van der Waals surface area contributed by atoms with Crippen molar-refractivity contribution < 1.29 is 9.59 Å². The van der Waals surface area contributed by atoms with Crippen LogP contribution >= 0.6 is 23.4 Å². The predicted octanol–water partition coefficient (Wildman–Crippen LogP) is 5.21. The highest BCUT2D eigenvalue weighted by Gasteiger charge is 2.49. The Balaban J connectivity index is 1.38. The molecule has 2 saturated heterocycles. The Morgan fingerprint density at radius 3 is 2.40 bits per heavy atom. The molecule has 0 atom stereocenters. The average Bonchev–Trinajstić information content (AvgIpc) is 3.09. The number of nitrogens with zero attached hydrogens (tertiary/aromatic N) is 2. The number of thioether (sulfide) groups is 1. The van der Waals surface area contributed by atoms with Gasteiger partial charge in [0.1, 0.15) is 0 Å². The molecule has 0 N–H and O–H groups in total. The first-order chi connectivity index (χ1) is 14.6. The topological polar surface area (TPSA) is 40.6 Å². The second-order valence-electron chi connectivity index (χ2n) is 7.76. The van der Waals surface area contributed by atoms with Crippen LogP contribution in [0.1, 0.15) is 23.2 Å². The number of carbonyl (C=O) groups is 2. The third kappa shape index (κ3) is 3.26. The minimum Gasteiger partial charge on any atom is -0.338 e. The standard InChI is InChI=1S/C24H21ClN2O2S/c25-18-8-10-19(11-9-18)27-22(28)16-30-24(27)12-14-26(15-13-24)23(29)21-7-3-5-17-4-1-2-6-20(17)21/h1-11H,12-16H2. The van der Waals surface area contributed by atoms with Gasteiger partial charge in [0.2, 0.25) is 5.91 Å². The van der Waals surface area contributed by atoms with E-state index in [1.807, 2.05) is 76.5 Å². The third-order valence-corrected chi connectivity index (χ3v) is 7.83. The van der Waals surface area contributed by atoms with Gasteiger partial charge in [0, 0.05) is 29.4 Å². The van der Waals surface area contributed by atoms with Crippen LogP contribution in [-0.4, -0.2) is 40.4 Å². The molecule has 1 spiro atoms. The molecule has 6 heteroatoms. The number of benzene rings is 3. The van der Waals surface area contributed by atoms with Crippen LogP contribution in [0.5, 0.6) is 0 Å². The van der Waals surface area contributed by atoms with Gasteiger partial charge in [-0.1, -0.05) is 48.0 Å². The number of piperidine rings is 1. The van der Waals surface area contributed by atoms with E-state index in [1.54, 1.807) is 11.8 Å². The van der Waals surface area contributed by atoms with Gasteiger partial charge in [0.25, 0.3) is 5.91 Å². The second-order valence-corrected chi connectivity index (χ2v) is 9.53. The van der Waals surface area contributed by atoms with E-state index in [4.69, 9.17) is 11.6 Å². The van der Waals surface area contributed by atoms with Gasteiger partial charge in [-0.3, -0.25) is 14.5 Å². The van der Waals surface area contributed by atoms with Gasteiger partial charge in [-0.05, 0) is 53.9 Å². The molecule has 3 aromatic rings. The first-order valence-electron chi connectivity index (χ1n) is 10.1. The summed E-state index contributed by atoms with van der Waals surface area (Å²) in [5, 5.41) is 2.71. The highest BCUT2D eigenvalue weighted by atomic mass is 35.5. The molecular weight excluding hydrogens is 416 g/mol. The lowest BCUT2D eigenvalue weighted by atomic mass is 9.98. The molecule has 0 saturated carbocycles. The van der Waals surface area contributed by atoms with Gasteiger partial charge in [-0.15, -0.1) is 11.8 Å². The Labute approximate surface area is 184 Å². The Kier molecular flexibility index (Phi) is 4.95. The van der Waals surface area contributed by atoms with Crippen molar-refractivity contribution in [1.82, 2.24) is 4.90 Å². The monoisotopic (exact) mass is 436 g/mol. The van der Waals surface area contributed by atoms with Crippen LogP contribution < -0.4 is 4.90 Å². The Morgan fingerprint density at radius 1 is 0.933 bits per heavy atom. The van der Waals surface area contributed by atoms with E-state index >= 15 is 0 Å². The maximum Gasteiger partial charge on any atom is 0.254 e. The number of carbonyl (C=O) groups excluding carboxylic acids is 2. The molecule has 0 aliphatic carbocycles. The van der Waals surface area contributed by atoms with E-state index in [0.29, 0.717) is 23.9 Å². The summed E-state index contributed by atoms with van der Waals surface area (Å²) in [6.45, 7) is 1.26. The fourth-order valence-electron chi connectivity index (χ4n) is 4.53. The Morgan fingerprint density at radius 2 is 1.63 bits per heavy atom. The lowest BCUT2D eigenvalue weighted by Gasteiger charge is -2.44. The molecule has 4 nitrogen and oxygen atoms in total. The molecule has 3 aromatic carbocycles. The quantitative estimate of drug-likeness (QED) is 0.554. The molecule has 30 heavy (non-hydrogen) atoms. The Bertz CT molecular complexity index is 1120. The van der Waals surface area contributed by atoms with Crippen LogP contribution in [0.3, 0.4) is 0 Å². The number of anilines is 1. The summed E-state index contributed by atoms with van der Waals surface area (Å²) < 4.78 is 0. The van der Waals surface area contributed by atoms with E-state index in [2.05, 4.69) is 0 Å².